The Morgan fingerprint density at radius 2 is 2.10 bits per heavy atom. The van der Waals surface area contributed by atoms with Crippen molar-refractivity contribution in [3.63, 3.8) is 0 Å². The van der Waals surface area contributed by atoms with Crippen molar-refractivity contribution in [3.8, 4) is 0 Å². The fourth-order valence-electron chi connectivity index (χ4n) is 2.94. The third kappa shape index (κ3) is 4.48. The quantitative estimate of drug-likeness (QED) is 0.324. The van der Waals surface area contributed by atoms with Crippen LogP contribution >= 0.6 is 0 Å². The predicted octanol–water partition coefficient (Wildman–Crippen LogP) is 2.04. The Morgan fingerprint density at radius 1 is 1.33 bits per heavy atom. The molecule has 0 radical (unpaired) electrons. The van der Waals surface area contributed by atoms with Crippen molar-refractivity contribution in [2.75, 3.05) is 0 Å². The van der Waals surface area contributed by atoms with Gasteiger partial charge in [-0.15, -0.1) is 0 Å². The first-order chi connectivity index (χ1) is 10.2. The van der Waals surface area contributed by atoms with Gasteiger partial charge in [-0.3, -0.25) is 4.79 Å². The summed E-state index contributed by atoms with van der Waals surface area (Å²) in [6, 6.07) is 10.2. The predicted molar refractivity (Wildman–Crippen MR) is 82.1 cm³/mol. The average molecular weight is 289 g/mol. The minimum atomic E-state index is -0.0342. The lowest BCUT2D eigenvalue weighted by atomic mass is 10.0. The topological polar surface area (TPSA) is 87.7 Å². The molecule has 1 fully saturated rings. The number of hydrogen-bond donors (Lipinski definition) is 3. The van der Waals surface area contributed by atoms with E-state index >= 15 is 0 Å². The van der Waals surface area contributed by atoms with E-state index in [-0.39, 0.29) is 23.7 Å². The number of nitrogens with zero attached hydrogens (tertiary/aromatic N) is 1. The van der Waals surface area contributed by atoms with Gasteiger partial charge in [0.05, 0.1) is 0 Å². The van der Waals surface area contributed by atoms with Gasteiger partial charge in [0.2, 0.25) is 5.91 Å². The number of aryl methyl sites for hydroxylation is 1. The molecular formula is C16H23N3O2. The van der Waals surface area contributed by atoms with Crippen LogP contribution in [0.2, 0.25) is 0 Å². The molecule has 0 spiro atoms. The van der Waals surface area contributed by atoms with E-state index in [4.69, 9.17) is 10.9 Å². The van der Waals surface area contributed by atoms with Gasteiger partial charge in [-0.25, -0.2) is 0 Å². The molecule has 0 aromatic heterocycles. The van der Waals surface area contributed by atoms with Crippen molar-refractivity contribution >= 4 is 11.7 Å². The molecule has 4 N–H and O–H groups in total. The molecule has 1 aliphatic carbocycles. The lowest BCUT2D eigenvalue weighted by molar-refractivity contribution is -0.122. The van der Waals surface area contributed by atoms with Crippen LogP contribution in [0.4, 0.5) is 0 Å². The minimum absolute atomic E-state index is 0.00475. The first-order valence-electron chi connectivity index (χ1n) is 7.51. The molecule has 0 aliphatic heterocycles. The molecule has 5 nitrogen and oxygen atoms in total. The van der Waals surface area contributed by atoms with Gasteiger partial charge in [0.1, 0.15) is 5.84 Å². The molecule has 21 heavy (non-hydrogen) atoms. The molecule has 1 aromatic carbocycles. The van der Waals surface area contributed by atoms with E-state index in [0.717, 1.165) is 32.1 Å². The second-order valence-electron chi connectivity index (χ2n) is 5.58. The summed E-state index contributed by atoms with van der Waals surface area (Å²) in [4.78, 5) is 12.0. The lowest BCUT2D eigenvalue weighted by Gasteiger charge is -2.19. The summed E-state index contributed by atoms with van der Waals surface area (Å²) >= 11 is 0. The minimum Gasteiger partial charge on any atom is -0.409 e. The van der Waals surface area contributed by atoms with Crippen molar-refractivity contribution in [2.24, 2.45) is 16.8 Å². The van der Waals surface area contributed by atoms with E-state index in [1.165, 1.54) is 5.56 Å². The highest BCUT2D eigenvalue weighted by atomic mass is 16.4. The fourth-order valence-corrected chi connectivity index (χ4v) is 2.94. The number of carbonyl (C=O) groups excluding carboxylic acids is 1. The van der Waals surface area contributed by atoms with Gasteiger partial charge < -0.3 is 16.3 Å². The molecule has 0 saturated heterocycles. The number of benzene rings is 1. The van der Waals surface area contributed by atoms with E-state index in [1.807, 2.05) is 18.2 Å². The third-order valence-electron chi connectivity index (χ3n) is 4.07. The van der Waals surface area contributed by atoms with Gasteiger partial charge >= 0.3 is 0 Å². The standard InChI is InChI=1S/C16H23N3O2/c17-16(19-21)13-9-5-10-14(13)18-15(20)11-4-8-12-6-2-1-3-7-12/h1-3,6-7,13-14,21H,4-5,8-11H2,(H2,17,19)(H,18,20). The molecule has 1 amide bonds. The van der Waals surface area contributed by atoms with Gasteiger partial charge in [-0.05, 0) is 31.2 Å². The van der Waals surface area contributed by atoms with Gasteiger partial charge in [-0.1, -0.05) is 41.9 Å². The van der Waals surface area contributed by atoms with Gasteiger partial charge in [-0.2, -0.15) is 0 Å². The van der Waals surface area contributed by atoms with Crippen molar-refractivity contribution in [2.45, 2.75) is 44.6 Å². The molecule has 0 bridgehead atoms. The van der Waals surface area contributed by atoms with Crippen LogP contribution in [0.1, 0.15) is 37.7 Å². The van der Waals surface area contributed by atoms with Crippen LogP contribution in [-0.4, -0.2) is 23.0 Å². The van der Waals surface area contributed by atoms with Gasteiger partial charge in [0, 0.05) is 18.4 Å². The van der Waals surface area contributed by atoms with Gasteiger partial charge in [0.25, 0.3) is 0 Å². The summed E-state index contributed by atoms with van der Waals surface area (Å²) in [5.74, 6) is 0.240. The van der Waals surface area contributed by atoms with E-state index in [1.54, 1.807) is 0 Å². The molecule has 2 rings (SSSR count). The summed E-state index contributed by atoms with van der Waals surface area (Å²) in [6.45, 7) is 0. The van der Waals surface area contributed by atoms with Crippen molar-refractivity contribution in [1.29, 1.82) is 0 Å². The molecule has 1 saturated carbocycles. The van der Waals surface area contributed by atoms with E-state index in [2.05, 4.69) is 22.6 Å². The van der Waals surface area contributed by atoms with E-state index in [0.29, 0.717) is 6.42 Å². The highest BCUT2D eigenvalue weighted by molar-refractivity contribution is 5.84. The van der Waals surface area contributed by atoms with E-state index in [9.17, 15) is 4.79 Å². The molecule has 0 heterocycles. The SMILES string of the molecule is NC(=NO)C1CCCC1NC(=O)CCCc1ccccc1. The highest BCUT2D eigenvalue weighted by Crippen LogP contribution is 2.25. The lowest BCUT2D eigenvalue weighted by Crippen LogP contribution is -2.42. The molecule has 1 aliphatic rings. The summed E-state index contributed by atoms with van der Waals surface area (Å²) in [5.41, 5.74) is 6.92. The van der Waals surface area contributed by atoms with Crippen LogP contribution in [0.25, 0.3) is 0 Å². The second-order valence-corrected chi connectivity index (χ2v) is 5.58. The highest BCUT2D eigenvalue weighted by Gasteiger charge is 2.31. The second kappa shape index (κ2) is 7.67. The Labute approximate surface area is 125 Å². The normalized spacial score (nSPS) is 22.2. The van der Waals surface area contributed by atoms with Crippen LogP contribution in [0, 0.1) is 5.92 Å². The summed E-state index contributed by atoms with van der Waals surface area (Å²) < 4.78 is 0. The van der Waals surface area contributed by atoms with Crippen LogP contribution in [0.3, 0.4) is 0 Å². The first kappa shape index (κ1) is 15.4. The van der Waals surface area contributed by atoms with Gasteiger partial charge in [0.15, 0.2) is 0 Å². The summed E-state index contributed by atoms with van der Waals surface area (Å²) in [7, 11) is 0. The monoisotopic (exact) mass is 289 g/mol. The molecule has 2 unspecified atom stereocenters. The Morgan fingerprint density at radius 3 is 2.81 bits per heavy atom. The van der Waals surface area contributed by atoms with Crippen LogP contribution in [-0.2, 0) is 11.2 Å². The number of amidine groups is 1. The van der Waals surface area contributed by atoms with Crippen LogP contribution in [0.5, 0.6) is 0 Å². The maximum absolute atomic E-state index is 12.0. The Kier molecular flexibility index (Phi) is 5.60. The largest absolute Gasteiger partial charge is 0.409 e. The maximum atomic E-state index is 12.0. The first-order valence-corrected chi connectivity index (χ1v) is 7.51. The molecule has 5 heteroatoms. The number of carbonyl (C=O) groups is 1. The molecule has 1 aromatic rings. The van der Waals surface area contributed by atoms with E-state index < -0.39 is 0 Å². The molecule has 2 atom stereocenters. The fraction of sp³-hybridized carbons (Fsp3) is 0.500. The van der Waals surface area contributed by atoms with Crippen LogP contribution < -0.4 is 11.1 Å². The van der Waals surface area contributed by atoms with Crippen molar-refractivity contribution < 1.29 is 10.0 Å². The van der Waals surface area contributed by atoms with Crippen LogP contribution in [0.15, 0.2) is 35.5 Å². The maximum Gasteiger partial charge on any atom is 0.220 e. The third-order valence-corrected chi connectivity index (χ3v) is 4.07. The number of hydrogen-bond acceptors (Lipinski definition) is 3. The van der Waals surface area contributed by atoms with Crippen molar-refractivity contribution in [1.82, 2.24) is 5.32 Å². The number of oxime groups is 1. The van der Waals surface area contributed by atoms with Crippen molar-refractivity contribution in [3.05, 3.63) is 35.9 Å². The number of amides is 1. The zero-order valence-electron chi connectivity index (χ0n) is 12.2. The number of nitrogens with one attached hydrogen (secondary N) is 1. The Bertz CT molecular complexity index is 488. The zero-order chi connectivity index (χ0) is 15.1. The average Bonchev–Trinajstić information content (AvgIpc) is 2.95. The smallest absolute Gasteiger partial charge is 0.220 e. The summed E-state index contributed by atoms with van der Waals surface area (Å²) in [5, 5.41) is 14.9. The zero-order valence-corrected chi connectivity index (χ0v) is 12.2. The number of rotatable bonds is 6. The Hall–Kier alpha value is -2.04. The summed E-state index contributed by atoms with van der Waals surface area (Å²) in [6.07, 6.45) is 5.00. The number of nitrogens with two attached hydrogens (primary N) is 1. The molecular weight excluding hydrogens is 266 g/mol. The Balaban J connectivity index is 1.74. The molecule has 114 valence electrons.